The number of rotatable bonds is 11. The Kier molecular flexibility index (Phi) is 9.83. The average molecular weight is 586 g/mol. The van der Waals surface area contributed by atoms with Gasteiger partial charge in [-0.2, -0.15) is 0 Å². The second-order valence-corrected chi connectivity index (χ2v) is 10.3. The van der Waals surface area contributed by atoms with E-state index >= 15 is 0 Å². The van der Waals surface area contributed by atoms with E-state index in [1.807, 2.05) is 61.2 Å². The second kappa shape index (κ2) is 13.0. The zero-order chi connectivity index (χ0) is 25.5. The van der Waals surface area contributed by atoms with Crippen molar-refractivity contribution in [1.82, 2.24) is 4.57 Å². The van der Waals surface area contributed by atoms with Crippen LogP contribution in [0, 0.1) is 0 Å². The molecule has 1 unspecified atom stereocenters. The highest BCUT2D eigenvalue weighted by molar-refractivity contribution is 6.35. The Bertz CT molecular complexity index is 1310. The lowest BCUT2D eigenvalue weighted by molar-refractivity contribution is -0.704. The average Bonchev–Trinajstić information content (AvgIpc) is 3.28. The maximum Gasteiger partial charge on any atom is 0.243 e. The zero-order valence-corrected chi connectivity index (χ0v) is 23.0. The van der Waals surface area contributed by atoms with Crippen molar-refractivity contribution < 1.29 is 14.0 Å². The van der Waals surface area contributed by atoms with Crippen LogP contribution in [0.2, 0.25) is 25.1 Å². The van der Waals surface area contributed by atoms with Gasteiger partial charge >= 0.3 is 0 Å². The summed E-state index contributed by atoms with van der Waals surface area (Å²) in [6, 6.07) is 18.2. The predicted octanol–water partition coefficient (Wildman–Crippen LogP) is 8.47. The molecular formula is C27H24Cl5N2O2+. The summed E-state index contributed by atoms with van der Waals surface area (Å²) in [5.41, 5.74) is 1.69. The van der Waals surface area contributed by atoms with E-state index in [0.29, 0.717) is 44.9 Å². The first-order valence-corrected chi connectivity index (χ1v) is 13.2. The van der Waals surface area contributed by atoms with Crippen molar-refractivity contribution in [2.45, 2.75) is 32.2 Å². The van der Waals surface area contributed by atoms with Crippen LogP contribution >= 0.6 is 58.0 Å². The summed E-state index contributed by atoms with van der Waals surface area (Å²) in [7, 11) is 0. The predicted molar refractivity (Wildman–Crippen MR) is 147 cm³/mol. The van der Waals surface area contributed by atoms with Gasteiger partial charge in [0.1, 0.15) is 30.8 Å². The van der Waals surface area contributed by atoms with Crippen molar-refractivity contribution in [2.75, 3.05) is 6.61 Å². The summed E-state index contributed by atoms with van der Waals surface area (Å²) in [6.45, 7) is 2.26. The van der Waals surface area contributed by atoms with Crippen LogP contribution in [0.1, 0.15) is 23.7 Å². The highest BCUT2D eigenvalue weighted by Gasteiger charge is 2.20. The lowest BCUT2D eigenvalue weighted by atomic mass is 10.1. The van der Waals surface area contributed by atoms with Crippen LogP contribution in [0.4, 0.5) is 0 Å². The molecule has 1 aromatic heterocycles. The Morgan fingerprint density at radius 1 is 0.833 bits per heavy atom. The number of halogens is 5. The van der Waals surface area contributed by atoms with Crippen molar-refractivity contribution >= 4 is 58.0 Å². The molecule has 4 nitrogen and oxygen atoms in total. The van der Waals surface area contributed by atoms with Gasteiger partial charge in [-0.15, -0.1) is 0 Å². The molecule has 1 atom stereocenters. The zero-order valence-electron chi connectivity index (χ0n) is 19.2. The van der Waals surface area contributed by atoms with Gasteiger partial charge in [0.2, 0.25) is 6.33 Å². The molecule has 9 heteroatoms. The summed E-state index contributed by atoms with van der Waals surface area (Å²) in [5, 5.41) is 2.92. The van der Waals surface area contributed by atoms with Crippen LogP contribution in [0.15, 0.2) is 79.4 Å². The van der Waals surface area contributed by atoms with Crippen molar-refractivity contribution in [3.8, 4) is 5.75 Å². The van der Waals surface area contributed by atoms with E-state index in [1.165, 1.54) is 0 Å². The van der Waals surface area contributed by atoms with E-state index in [0.717, 1.165) is 29.8 Å². The third-order valence-corrected chi connectivity index (χ3v) is 6.90. The number of hydrogen-bond donors (Lipinski definition) is 0. The maximum atomic E-state index is 6.53. The molecule has 0 spiro atoms. The fraction of sp³-hybridized carbons (Fsp3) is 0.222. The Balaban J connectivity index is 1.39. The van der Waals surface area contributed by atoms with Crippen LogP contribution < -0.4 is 9.30 Å². The number of aromatic nitrogens is 2. The van der Waals surface area contributed by atoms with Crippen LogP contribution in [-0.4, -0.2) is 11.2 Å². The highest BCUT2D eigenvalue weighted by Crippen LogP contribution is 2.31. The molecule has 0 bridgehead atoms. The Labute approximate surface area is 235 Å². The molecule has 0 aliphatic heterocycles. The Morgan fingerprint density at radius 2 is 1.58 bits per heavy atom. The number of benzene rings is 3. The van der Waals surface area contributed by atoms with Crippen molar-refractivity contribution in [3.05, 3.63) is 116 Å². The quantitative estimate of drug-likeness (QED) is 0.130. The van der Waals surface area contributed by atoms with E-state index in [9.17, 15) is 0 Å². The second-order valence-electron chi connectivity index (χ2n) is 8.21. The SMILES string of the molecule is Clc1cccc(OCCCn2cc[n+](CC(OCc3ccc(Cl)cc3Cl)c3ccc(Cl)cc3Cl)c2)c1. The van der Waals surface area contributed by atoms with Crippen LogP contribution in [-0.2, 0) is 24.4 Å². The number of imidazole rings is 1. The summed E-state index contributed by atoms with van der Waals surface area (Å²) >= 11 is 31.0. The third-order valence-electron chi connectivity index (χ3n) is 5.51. The summed E-state index contributed by atoms with van der Waals surface area (Å²) < 4.78 is 16.3. The van der Waals surface area contributed by atoms with Crippen LogP contribution in [0.3, 0.4) is 0 Å². The first kappa shape index (κ1) is 27.1. The molecule has 36 heavy (non-hydrogen) atoms. The molecule has 1 heterocycles. The first-order valence-electron chi connectivity index (χ1n) is 11.3. The largest absolute Gasteiger partial charge is 0.493 e. The lowest BCUT2D eigenvalue weighted by Crippen LogP contribution is -2.35. The molecule has 0 N–H and O–H groups in total. The normalized spacial score (nSPS) is 12.0. The van der Waals surface area contributed by atoms with E-state index in [4.69, 9.17) is 67.5 Å². The van der Waals surface area contributed by atoms with Crippen LogP contribution in [0.25, 0.3) is 0 Å². The lowest BCUT2D eigenvalue weighted by Gasteiger charge is -2.19. The summed E-state index contributed by atoms with van der Waals surface area (Å²) in [6.07, 6.45) is 6.59. The number of hydrogen-bond acceptors (Lipinski definition) is 2. The minimum atomic E-state index is -0.325. The van der Waals surface area contributed by atoms with Gasteiger partial charge in [-0.25, -0.2) is 9.13 Å². The Morgan fingerprint density at radius 3 is 2.33 bits per heavy atom. The van der Waals surface area contributed by atoms with E-state index in [2.05, 4.69) is 9.13 Å². The van der Waals surface area contributed by atoms with Gasteiger partial charge in [0, 0.05) is 37.1 Å². The van der Waals surface area contributed by atoms with E-state index in [-0.39, 0.29) is 6.10 Å². The van der Waals surface area contributed by atoms with E-state index in [1.54, 1.807) is 18.2 Å². The molecule has 0 fully saturated rings. The van der Waals surface area contributed by atoms with Crippen molar-refractivity contribution in [1.29, 1.82) is 0 Å². The van der Waals surface area contributed by atoms with Gasteiger partial charge in [-0.05, 0) is 48.0 Å². The van der Waals surface area contributed by atoms with Gasteiger partial charge in [0.15, 0.2) is 0 Å². The molecule has 0 saturated heterocycles. The van der Waals surface area contributed by atoms with Gasteiger partial charge < -0.3 is 9.47 Å². The van der Waals surface area contributed by atoms with Gasteiger partial charge in [-0.3, -0.25) is 0 Å². The topological polar surface area (TPSA) is 27.3 Å². The minimum Gasteiger partial charge on any atom is -0.493 e. The van der Waals surface area contributed by atoms with Gasteiger partial charge in [0.25, 0.3) is 0 Å². The molecule has 4 rings (SSSR count). The number of aryl methyl sites for hydroxylation is 1. The minimum absolute atomic E-state index is 0.307. The number of nitrogens with zero attached hydrogens (tertiary/aromatic N) is 2. The molecule has 188 valence electrons. The molecule has 0 aliphatic carbocycles. The fourth-order valence-electron chi connectivity index (χ4n) is 3.70. The molecular weight excluding hydrogens is 562 g/mol. The summed E-state index contributed by atoms with van der Waals surface area (Å²) in [5.74, 6) is 0.769. The molecule has 0 aliphatic rings. The molecule has 3 aromatic carbocycles. The van der Waals surface area contributed by atoms with Crippen LogP contribution in [0.5, 0.6) is 5.75 Å². The first-order chi connectivity index (χ1) is 17.4. The van der Waals surface area contributed by atoms with Crippen molar-refractivity contribution in [3.63, 3.8) is 0 Å². The highest BCUT2D eigenvalue weighted by atomic mass is 35.5. The Hall–Kier alpha value is -1.92. The monoisotopic (exact) mass is 583 g/mol. The van der Waals surface area contributed by atoms with Crippen molar-refractivity contribution in [2.24, 2.45) is 0 Å². The molecule has 4 aromatic rings. The third kappa shape index (κ3) is 7.79. The van der Waals surface area contributed by atoms with Gasteiger partial charge in [0.05, 0.1) is 19.8 Å². The van der Waals surface area contributed by atoms with Gasteiger partial charge in [-0.1, -0.05) is 76.2 Å². The molecule has 0 radical (unpaired) electrons. The number of ether oxygens (including phenoxy) is 2. The molecule has 0 saturated carbocycles. The van der Waals surface area contributed by atoms with E-state index < -0.39 is 0 Å². The fourth-order valence-corrected chi connectivity index (χ4v) is 4.87. The smallest absolute Gasteiger partial charge is 0.243 e. The standard InChI is InChI=1S/C27H24Cl5N2O2/c28-20-3-1-4-23(13-20)35-12-2-9-33-10-11-34(18-33)16-27(24-8-7-22(30)15-26(24)32)36-17-19-5-6-21(29)14-25(19)31/h1,3-8,10-11,13-15,18,27H,2,9,12,16-17H2/q+1. The maximum absolute atomic E-state index is 6.53. The summed E-state index contributed by atoms with van der Waals surface area (Å²) in [4.78, 5) is 0. The molecule has 0 amide bonds.